The Morgan fingerprint density at radius 3 is 2.20 bits per heavy atom. The quantitative estimate of drug-likeness (QED) is 0.263. The molecule has 4 nitrogen and oxygen atoms in total. The van der Waals surface area contributed by atoms with Gasteiger partial charge in [0, 0.05) is 27.1 Å². The van der Waals surface area contributed by atoms with Gasteiger partial charge in [0.2, 0.25) is 0 Å². The molecule has 6 aromatic rings. The maximum atomic E-state index is 14.1. The van der Waals surface area contributed by atoms with E-state index in [0.29, 0.717) is 21.8 Å². The van der Waals surface area contributed by atoms with Gasteiger partial charge < -0.3 is 0 Å². The van der Waals surface area contributed by atoms with Crippen molar-refractivity contribution in [2.45, 2.75) is 6.92 Å². The molecule has 1 aliphatic rings. The first-order chi connectivity index (χ1) is 17.1. The Morgan fingerprint density at radius 2 is 1.46 bits per heavy atom. The first-order valence-electron chi connectivity index (χ1n) is 11.4. The van der Waals surface area contributed by atoms with Crippen molar-refractivity contribution in [3.05, 3.63) is 113 Å². The second-order valence-corrected chi connectivity index (χ2v) is 9.22. The predicted octanol–water partition coefficient (Wildman–Crippen LogP) is 7.41. The van der Waals surface area contributed by atoms with Gasteiger partial charge in [-0.15, -0.1) is 0 Å². The number of nitrogens with zero attached hydrogens (tertiary/aromatic N) is 3. The molecule has 0 aliphatic heterocycles. The molecule has 4 aromatic carbocycles. The zero-order valence-corrected chi connectivity index (χ0v) is 19.5. The van der Waals surface area contributed by atoms with E-state index in [4.69, 9.17) is 21.7 Å². The Kier molecular flexibility index (Phi) is 4.23. The van der Waals surface area contributed by atoms with Crippen LogP contribution in [0.15, 0.2) is 91.0 Å². The number of fused-ring (bicyclic) bond motifs is 4. The zero-order valence-electron chi connectivity index (χ0n) is 18.8. The smallest absolute Gasteiger partial charge is 0.196 e. The number of carbonyl (C=O) groups is 1. The Balaban J connectivity index is 1.70. The second kappa shape index (κ2) is 7.36. The van der Waals surface area contributed by atoms with Crippen LogP contribution >= 0.6 is 11.6 Å². The summed E-state index contributed by atoms with van der Waals surface area (Å²) in [6.45, 7) is 1.98. The van der Waals surface area contributed by atoms with Gasteiger partial charge in [0.25, 0.3) is 0 Å². The van der Waals surface area contributed by atoms with Gasteiger partial charge in [-0.25, -0.2) is 9.67 Å². The summed E-state index contributed by atoms with van der Waals surface area (Å²) in [4.78, 5) is 19.2. The van der Waals surface area contributed by atoms with Crippen LogP contribution in [0.5, 0.6) is 0 Å². The minimum atomic E-state index is -0.0180. The standard InChI is InChI=1S/C30H18ClN3O/c1-17-24-26-22-11-5-7-18-8-6-12-23(25(18)22)29(35)27(26)28(19-13-15-20(31)16-14-19)32-30(24)34(33-17)21-9-3-2-4-10-21/h2-16H,1H3. The fraction of sp³-hybridized carbons (Fsp3) is 0.0333. The van der Waals surface area contributed by atoms with E-state index in [9.17, 15) is 4.79 Å². The topological polar surface area (TPSA) is 47.8 Å². The van der Waals surface area contributed by atoms with Crippen LogP contribution in [0.4, 0.5) is 0 Å². The number of ketones is 1. The lowest BCUT2D eigenvalue weighted by Crippen LogP contribution is -2.14. The van der Waals surface area contributed by atoms with Crippen LogP contribution in [0.25, 0.3) is 49.9 Å². The maximum absolute atomic E-state index is 14.1. The van der Waals surface area contributed by atoms with Gasteiger partial charge in [0.1, 0.15) is 0 Å². The Bertz CT molecular complexity index is 1810. The average Bonchev–Trinajstić information content (AvgIpc) is 3.23. The largest absolute Gasteiger partial charge is 0.288 e. The van der Waals surface area contributed by atoms with Crippen LogP contribution in [0.2, 0.25) is 5.02 Å². The molecule has 0 spiro atoms. The number of hydrogen-bond acceptors (Lipinski definition) is 3. The van der Waals surface area contributed by atoms with Crippen LogP contribution in [-0.2, 0) is 0 Å². The van der Waals surface area contributed by atoms with Crippen molar-refractivity contribution in [2.75, 3.05) is 0 Å². The van der Waals surface area contributed by atoms with E-state index in [1.807, 2.05) is 84.4 Å². The van der Waals surface area contributed by atoms with Crippen LogP contribution < -0.4 is 0 Å². The highest BCUT2D eigenvalue weighted by Crippen LogP contribution is 2.46. The molecular formula is C30H18ClN3O. The number of para-hydroxylation sites is 1. The first kappa shape index (κ1) is 20.1. The molecule has 0 fully saturated rings. The van der Waals surface area contributed by atoms with E-state index in [1.54, 1.807) is 0 Å². The highest BCUT2D eigenvalue weighted by Gasteiger charge is 2.33. The minimum absolute atomic E-state index is 0.0180. The third-order valence-electron chi connectivity index (χ3n) is 6.75. The van der Waals surface area contributed by atoms with E-state index >= 15 is 0 Å². The summed E-state index contributed by atoms with van der Waals surface area (Å²) >= 11 is 6.19. The van der Waals surface area contributed by atoms with Crippen LogP contribution in [0.1, 0.15) is 21.6 Å². The molecule has 0 saturated heterocycles. The number of hydrogen-bond donors (Lipinski definition) is 0. The summed E-state index contributed by atoms with van der Waals surface area (Å²) in [5.74, 6) is -0.0180. The summed E-state index contributed by atoms with van der Waals surface area (Å²) in [5.41, 5.74) is 7.20. The average molecular weight is 472 g/mol. The van der Waals surface area contributed by atoms with Crippen LogP contribution in [0.3, 0.4) is 0 Å². The van der Waals surface area contributed by atoms with E-state index in [1.165, 1.54) is 0 Å². The molecule has 0 unspecified atom stereocenters. The predicted molar refractivity (Wildman–Crippen MR) is 140 cm³/mol. The van der Waals surface area contributed by atoms with Crippen molar-refractivity contribution >= 4 is 39.2 Å². The van der Waals surface area contributed by atoms with Gasteiger partial charge in [-0.1, -0.05) is 78.3 Å². The van der Waals surface area contributed by atoms with Crippen molar-refractivity contribution in [1.82, 2.24) is 14.8 Å². The third kappa shape index (κ3) is 2.84. The number of rotatable bonds is 2. The second-order valence-electron chi connectivity index (χ2n) is 8.79. The molecule has 0 bridgehead atoms. The summed E-state index contributed by atoms with van der Waals surface area (Å²) in [6.07, 6.45) is 0. The Labute approximate surface area is 206 Å². The molecule has 1 aliphatic carbocycles. The first-order valence-corrected chi connectivity index (χ1v) is 11.8. The lowest BCUT2D eigenvalue weighted by Gasteiger charge is -2.23. The minimum Gasteiger partial charge on any atom is -0.288 e. The molecule has 0 saturated carbocycles. The SMILES string of the molecule is Cc1nn(-c2ccccc2)c2nc(-c3ccc(Cl)cc3)c3c(c12)-c1cccc2cccc(c12)C3=O. The lowest BCUT2D eigenvalue weighted by molar-refractivity contribution is 0.104. The molecule has 0 atom stereocenters. The fourth-order valence-corrected chi connectivity index (χ4v) is 5.37. The fourth-order valence-electron chi connectivity index (χ4n) is 5.25. The van der Waals surface area contributed by atoms with E-state index in [-0.39, 0.29) is 5.78 Å². The van der Waals surface area contributed by atoms with Gasteiger partial charge >= 0.3 is 0 Å². The summed E-state index contributed by atoms with van der Waals surface area (Å²) in [6, 6.07) is 29.6. The highest BCUT2D eigenvalue weighted by molar-refractivity contribution is 6.31. The molecule has 5 heteroatoms. The van der Waals surface area contributed by atoms with Gasteiger partial charge in [-0.3, -0.25) is 4.79 Å². The van der Waals surface area contributed by atoms with Gasteiger partial charge in [0.15, 0.2) is 11.4 Å². The van der Waals surface area contributed by atoms with Crippen molar-refractivity contribution in [3.63, 3.8) is 0 Å². The zero-order chi connectivity index (χ0) is 23.7. The molecule has 166 valence electrons. The number of halogens is 1. The van der Waals surface area contributed by atoms with Gasteiger partial charge in [-0.2, -0.15) is 5.10 Å². The Hall–Kier alpha value is -4.28. The molecule has 0 amide bonds. The molecule has 35 heavy (non-hydrogen) atoms. The van der Waals surface area contributed by atoms with Crippen molar-refractivity contribution in [1.29, 1.82) is 0 Å². The summed E-state index contributed by atoms with van der Waals surface area (Å²) < 4.78 is 1.87. The number of aromatic nitrogens is 3. The number of pyridine rings is 1. The number of benzene rings is 4. The summed E-state index contributed by atoms with van der Waals surface area (Å²) in [5, 5.41) is 8.45. The van der Waals surface area contributed by atoms with Crippen molar-refractivity contribution < 1.29 is 4.79 Å². The monoisotopic (exact) mass is 471 g/mol. The Morgan fingerprint density at radius 1 is 0.743 bits per heavy atom. The van der Waals surface area contributed by atoms with Crippen LogP contribution in [-0.4, -0.2) is 20.5 Å². The maximum Gasteiger partial charge on any atom is 0.196 e. The lowest BCUT2D eigenvalue weighted by atomic mass is 9.80. The molecule has 2 heterocycles. The van der Waals surface area contributed by atoms with E-state index in [0.717, 1.165) is 49.9 Å². The summed E-state index contributed by atoms with van der Waals surface area (Å²) in [7, 11) is 0. The van der Waals surface area contributed by atoms with E-state index < -0.39 is 0 Å². The highest BCUT2D eigenvalue weighted by atomic mass is 35.5. The third-order valence-corrected chi connectivity index (χ3v) is 7.01. The molecule has 0 radical (unpaired) electrons. The molecular weight excluding hydrogens is 454 g/mol. The van der Waals surface area contributed by atoms with E-state index in [2.05, 4.69) is 18.2 Å². The molecule has 2 aromatic heterocycles. The normalized spacial score (nSPS) is 12.3. The van der Waals surface area contributed by atoms with Crippen molar-refractivity contribution in [2.24, 2.45) is 0 Å². The number of carbonyl (C=O) groups excluding carboxylic acids is 1. The number of aryl methyl sites for hydroxylation is 1. The molecule has 7 rings (SSSR count). The van der Waals surface area contributed by atoms with Crippen LogP contribution in [0, 0.1) is 6.92 Å². The van der Waals surface area contributed by atoms with Gasteiger partial charge in [-0.05, 0) is 42.1 Å². The molecule has 0 N–H and O–H groups in total. The van der Waals surface area contributed by atoms with Gasteiger partial charge in [0.05, 0.1) is 28.0 Å². The van der Waals surface area contributed by atoms with Crippen molar-refractivity contribution in [3.8, 4) is 28.1 Å².